The van der Waals surface area contributed by atoms with Crippen LogP contribution in [0.5, 0.6) is 0 Å². The Morgan fingerprint density at radius 1 is 1.25 bits per heavy atom. The van der Waals surface area contributed by atoms with Crippen molar-refractivity contribution in [1.29, 1.82) is 0 Å². The lowest BCUT2D eigenvalue weighted by atomic mass is 9.86. The molecule has 0 bridgehead atoms. The van der Waals surface area contributed by atoms with Crippen LogP contribution in [0.15, 0.2) is 0 Å². The second kappa shape index (κ2) is 5.05. The van der Waals surface area contributed by atoms with E-state index < -0.39 is 0 Å². The second-order valence-corrected chi connectivity index (χ2v) is 6.42. The molecule has 2 fully saturated rings. The number of hydrogen-bond donors (Lipinski definition) is 1. The van der Waals surface area contributed by atoms with Gasteiger partial charge in [0.1, 0.15) is 0 Å². The molecule has 1 N–H and O–H groups in total. The number of hydrogen-bond acceptors (Lipinski definition) is 2. The molecule has 2 aliphatic rings. The van der Waals surface area contributed by atoms with E-state index in [2.05, 4.69) is 31.0 Å². The van der Waals surface area contributed by atoms with Crippen LogP contribution in [-0.2, 0) is 0 Å². The normalized spacial score (nSPS) is 42.2. The first-order valence-corrected chi connectivity index (χ1v) is 7.06. The molecule has 2 heteroatoms. The first kappa shape index (κ1) is 12.4. The molecule has 94 valence electrons. The minimum Gasteiger partial charge on any atom is -0.310 e. The van der Waals surface area contributed by atoms with Crippen molar-refractivity contribution in [2.75, 3.05) is 26.2 Å². The topological polar surface area (TPSA) is 15.3 Å². The van der Waals surface area contributed by atoms with Gasteiger partial charge in [-0.15, -0.1) is 0 Å². The number of rotatable bonds is 2. The van der Waals surface area contributed by atoms with Crippen molar-refractivity contribution in [3.8, 4) is 0 Å². The van der Waals surface area contributed by atoms with E-state index in [1.54, 1.807) is 0 Å². The molecule has 16 heavy (non-hydrogen) atoms. The molecule has 2 rings (SSSR count). The Morgan fingerprint density at radius 3 is 2.69 bits per heavy atom. The largest absolute Gasteiger partial charge is 0.310 e. The molecule has 2 nitrogen and oxygen atoms in total. The van der Waals surface area contributed by atoms with Gasteiger partial charge >= 0.3 is 0 Å². The third-order valence-electron chi connectivity index (χ3n) is 4.70. The quantitative estimate of drug-likeness (QED) is 0.775. The van der Waals surface area contributed by atoms with Gasteiger partial charge in [0.05, 0.1) is 0 Å². The summed E-state index contributed by atoms with van der Waals surface area (Å²) in [6.45, 7) is 12.3. The van der Waals surface area contributed by atoms with Crippen LogP contribution in [0.4, 0.5) is 0 Å². The van der Waals surface area contributed by atoms with Crippen LogP contribution < -0.4 is 5.32 Å². The summed E-state index contributed by atoms with van der Waals surface area (Å²) in [5.41, 5.74) is 0.387. The Morgan fingerprint density at radius 2 is 2.06 bits per heavy atom. The highest BCUT2D eigenvalue weighted by atomic mass is 15.2. The van der Waals surface area contributed by atoms with E-state index >= 15 is 0 Å². The van der Waals surface area contributed by atoms with E-state index in [0.29, 0.717) is 5.54 Å². The summed E-state index contributed by atoms with van der Waals surface area (Å²) in [7, 11) is 0. The highest BCUT2D eigenvalue weighted by Gasteiger charge is 2.31. The van der Waals surface area contributed by atoms with Crippen molar-refractivity contribution >= 4 is 0 Å². The molecule has 0 radical (unpaired) electrons. The molecule has 0 spiro atoms. The van der Waals surface area contributed by atoms with Crippen LogP contribution in [-0.4, -0.2) is 36.6 Å². The number of nitrogens with one attached hydrogen (secondary N) is 1. The fourth-order valence-corrected chi connectivity index (χ4v) is 3.24. The molecule has 0 saturated carbocycles. The minimum absolute atomic E-state index is 0.387. The summed E-state index contributed by atoms with van der Waals surface area (Å²) in [6, 6.07) is 0. The molecule has 0 amide bonds. The lowest BCUT2D eigenvalue weighted by molar-refractivity contribution is 0.0949. The molecule has 3 atom stereocenters. The molecule has 2 aliphatic heterocycles. The number of likely N-dealkylation sites (tertiary alicyclic amines) is 1. The van der Waals surface area contributed by atoms with Crippen molar-refractivity contribution in [3.05, 3.63) is 0 Å². The summed E-state index contributed by atoms with van der Waals surface area (Å²) in [6.07, 6.45) is 5.51. The molecule has 2 heterocycles. The summed E-state index contributed by atoms with van der Waals surface area (Å²) in [4.78, 5) is 2.68. The van der Waals surface area contributed by atoms with Crippen molar-refractivity contribution < 1.29 is 0 Å². The van der Waals surface area contributed by atoms with Gasteiger partial charge in [-0.25, -0.2) is 0 Å². The van der Waals surface area contributed by atoms with Crippen LogP contribution in [0.2, 0.25) is 0 Å². The Bertz CT molecular complexity index is 221. The van der Waals surface area contributed by atoms with Crippen LogP contribution in [0.25, 0.3) is 0 Å². The van der Waals surface area contributed by atoms with Crippen molar-refractivity contribution in [2.45, 2.75) is 52.0 Å². The maximum atomic E-state index is 3.73. The van der Waals surface area contributed by atoms with Crippen molar-refractivity contribution in [2.24, 2.45) is 11.8 Å². The highest BCUT2D eigenvalue weighted by molar-refractivity contribution is 4.91. The molecule has 0 aliphatic carbocycles. The van der Waals surface area contributed by atoms with Crippen LogP contribution in [0.3, 0.4) is 0 Å². The van der Waals surface area contributed by atoms with Gasteiger partial charge in [-0.3, -0.25) is 0 Å². The molecule has 2 saturated heterocycles. The Balaban J connectivity index is 1.84. The molecule has 3 unspecified atom stereocenters. The number of piperidine rings is 2. The van der Waals surface area contributed by atoms with E-state index in [0.717, 1.165) is 11.8 Å². The van der Waals surface area contributed by atoms with Gasteiger partial charge < -0.3 is 10.2 Å². The van der Waals surface area contributed by atoms with Gasteiger partial charge in [-0.2, -0.15) is 0 Å². The fraction of sp³-hybridized carbons (Fsp3) is 1.00. The lowest BCUT2D eigenvalue weighted by Crippen LogP contribution is -2.55. The minimum atomic E-state index is 0.387. The average Bonchev–Trinajstić information content (AvgIpc) is 2.24. The molecule has 0 aromatic heterocycles. The highest BCUT2D eigenvalue weighted by Crippen LogP contribution is 2.26. The summed E-state index contributed by atoms with van der Waals surface area (Å²) >= 11 is 0. The summed E-state index contributed by atoms with van der Waals surface area (Å²) < 4.78 is 0. The lowest BCUT2D eigenvalue weighted by Gasteiger charge is -2.43. The van der Waals surface area contributed by atoms with E-state index in [4.69, 9.17) is 0 Å². The zero-order valence-electron chi connectivity index (χ0n) is 11.3. The van der Waals surface area contributed by atoms with Crippen molar-refractivity contribution in [1.82, 2.24) is 10.2 Å². The van der Waals surface area contributed by atoms with Gasteiger partial charge in [-0.05, 0) is 51.1 Å². The third-order valence-corrected chi connectivity index (χ3v) is 4.70. The first-order chi connectivity index (χ1) is 7.59. The SMILES string of the molecule is CC1CCN(CC2(C)CCCCN2)CC1C. The van der Waals surface area contributed by atoms with Crippen molar-refractivity contribution in [3.63, 3.8) is 0 Å². The molecular weight excluding hydrogens is 196 g/mol. The Labute approximate surface area is 101 Å². The van der Waals surface area contributed by atoms with E-state index in [9.17, 15) is 0 Å². The monoisotopic (exact) mass is 224 g/mol. The summed E-state index contributed by atoms with van der Waals surface area (Å²) in [5, 5.41) is 3.73. The summed E-state index contributed by atoms with van der Waals surface area (Å²) in [5.74, 6) is 1.80. The Kier molecular flexibility index (Phi) is 3.91. The molecule has 0 aromatic carbocycles. The van der Waals surface area contributed by atoms with Crippen LogP contribution >= 0.6 is 0 Å². The van der Waals surface area contributed by atoms with E-state index in [1.807, 2.05) is 0 Å². The van der Waals surface area contributed by atoms with Gasteiger partial charge in [0.2, 0.25) is 0 Å². The smallest absolute Gasteiger partial charge is 0.0280 e. The fourth-order valence-electron chi connectivity index (χ4n) is 3.24. The van der Waals surface area contributed by atoms with Gasteiger partial charge in [0, 0.05) is 18.6 Å². The predicted molar refractivity (Wildman–Crippen MR) is 69.6 cm³/mol. The maximum Gasteiger partial charge on any atom is 0.0280 e. The first-order valence-electron chi connectivity index (χ1n) is 7.06. The number of nitrogens with zero attached hydrogens (tertiary/aromatic N) is 1. The van der Waals surface area contributed by atoms with Gasteiger partial charge in [-0.1, -0.05) is 20.3 Å². The predicted octanol–water partition coefficient (Wildman–Crippen LogP) is 2.50. The zero-order valence-corrected chi connectivity index (χ0v) is 11.3. The Hall–Kier alpha value is -0.0800. The third kappa shape index (κ3) is 2.98. The standard InChI is InChI=1S/C14H28N2/c1-12-6-9-16(10-13(12)2)11-14(3)7-4-5-8-15-14/h12-13,15H,4-11H2,1-3H3. The molecular formula is C14H28N2. The van der Waals surface area contributed by atoms with E-state index in [-0.39, 0.29) is 0 Å². The maximum absolute atomic E-state index is 3.73. The van der Waals surface area contributed by atoms with E-state index in [1.165, 1.54) is 51.9 Å². The van der Waals surface area contributed by atoms with Gasteiger partial charge in [0.25, 0.3) is 0 Å². The van der Waals surface area contributed by atoms with Crippen LogP contribution in [0.1, 0.15) is 46.5 Å². The zero-order chi connectivity index (χ0) is 11.6. The average molecular weight is 224 g/mol. The molecule has 0 aromatic rings. The van der Waals surface area contributed by atoms with Gasteiger partial charge in [0.15, 0.2) is 0 Å². The second-order valence-electron chi connectivity index (χ2n) is 6.42. The van der Waals surface area contributed by atoms with Crippen LogP contribution in [0, 0.1) is 11.8 Å².